The summed E-state index contributed by atoms with van der Waals surface area (Å²) in [5.74, 6) is 0.586. The van der Waals surface area contributed by atoms with Crippen molar-refractivity contribution in [1.29, 1.82) is 5.26 Å². The van der Waals surface area contributed by atoms with Gasteiger partial charge in [-0.05, 0) is 37.1 Å². The predicted molar refractivity (Wildman–Crippen MR) is 94.8 cm³/mol. The van der Waals surface area contributed by atoms with Crippen LogP contribution in [-0.2, 0) is 9.53 Å². The molecule has 0 saturated heterocycles. The Kier molecular flexibility index (Phi) is 7.58. The fourth-order valence-electron chi connectivity index (χ4n) is 2.27. The van der Waals surface area contributed by atoms with E-state index in [1.807, 2.05) is 13.0 Å². The van der Waals surface area contributed by atoms with E-state index in [4.69, 9.17) is 25.8 Å². The van der Waals surface area contributed by atoms with Gasteiger partial charge in [0.2, 0.25) is 0 Å². The number of nitrogens with one attached hydrogen (secondary N) is 1. The van der Waals surface area contributed by atoms with Crippen LogP contribution >= 0.6 is 11.6 Å². The van der Waals surface area contributed by atoms with E-state index in [0.717, 1.165) is 6.42 Å². The van der Waals surface area contributed by atoms with E-state index in [9.17, 15) is 10.1 Å². The molecule has 1 aromatic carbocycles. The van der Waals surface area contributed by atoms with Gasteiger partial charge < -0.3 is 19.5 Å². The van der Waals surface area contributed by atoms with Gasteiger partial charge in [0, 0.05) is 26.2 Å². The van der Waals surface area contributed by atoms with Gasteiger partial charge in [-0.3, -0.25) is 4.79 Å². The molecule has 0 atom stereocenters. The smallest absolute Gasteiger partial charge is 0.261 e. The van der Waals surface area contributed by atoms with Gasteiger partial charge in [-0.1, -0.05) is 11.6 Å². The van der Waals surface area contributed by atoms with Crippen LogP contribution in [0.25, 0.3) is 6.08 Å². The molecule has 0 spiro atoms. The van der Waals surface area contributed by atoms with E-state index in [0.29, 0.717) is 61.5 Å². The summed E-state index contributed by atoms with van der Waals surface area (Å²) >= 11 is 6.23. The van der Waals surface area contributed by atoms with Crippen LogP contribution in [0.5, 0.6) is 11.5 Å². The van der Waals surface area contributed by atoms with E-state index in [-0.39, 0.29) is 5.57 Å². The third kappa shape index (κ3) is 5.66. The summed E-state index contributed by atoms with van der Waals surface area (Å²) in [6.07, 6.45) is 2.94. The number of hydrogen-bond donors (Lipinski definition) is 1. The average molecular weight is 365 g/mol. The lowest BCUT2D eigenvalue weighted by molar-refractivity contribution is -0.117. The number of fused-ring (bicyclic) bond motifs is 1. The number of rotatable bonds is 7. The Bertz CT molecular complexity index is 682. The first-order valence-electron chi connectivity index (χ1n) is 8.22. The molecule has 7 heteroatoms. The third-order valence-corrected chi connectivity index (χ3v) is 3.74. The van der Waals surface area contributed by atoms with Crippen LogP contribution in [0, 0.1) is 11.3 Å². The van der Waals surface area contributed by atoms with Gasteiger partial charge in [0.05, 0.1) is 18.2 Å². The van der Waals surface area contributed by atoms with Gasteiger partial charge in [0.25, 0.3) is 5.91 Å². The second kappa shape index (κ2) is 9.92. The molecule has 0 fully saturated rings. The third-order valence-electron chi connectivity index (χ3n) is 3.46. The minimum atomic E-state index is -0.428. The largest absolute Gasteiger partial charge is 0.489 e. The second-order valence-electron chi connectivity index (χ2n) is 5.36. The van der Waals surface area contributed by atoms with Crippen molar-refractivity contribution in [1.82, 2.24) is 5.32 Å². The SMILES string of the molecule is CCOCCCNC(=O)/C(C#N)=C/c1cc(Cl)c2c(c1)OCCCO2. The van der Waals surface area contributed by atoms with Crippen molar-refractivity contribution in [2.24, 2.45) is 0 Å². The standard InChI is InChI=1S/C18H21ClN2O4/c1-2-23-6-3-5-21-18(22)14(12-20)9-13-10-15(19)17-16(11-13)24-7-4-8-25-17/h9-11H,2-8H2,1H3,(H,21,22)/b14-9+. The van der Waals surface area contributed by atoms with Crippen molar-refractivity contribution in [2.45, 2.75) is 19.8 Å². The summed E-state index contributed by atoms with van der Waals surface area (Å²) in [7, 11) is 0. The number of benzene rings is 1. The van der Waals surface area contributed by atoms with Gasteiger partial charge in [-0.25, -0.2) is 0 Å². The molecule has 134 valence electrons. The van der Waals surface area contributed by atoms with Crippen LogP contribution < -0.4 is 14.8 Å². The zero-order chi connectivity index (χ0) is 18.1. The summed E-state index contributed by atoms with van der Waals surface area (Å²) in [5, 5.41) is 12.3. The number of ether oxygens (including phenoxy) is 3. The van der Waals surface area contributed by atoms with Crippen LogP contribution in [0.1, 0.15) is 25.3 Å². The van der Waals surface area contributed by atoms with Gasteiger partial charge in [0.15, 0.2) is 11.5 Å². The van der Waals surface area contributed by atoms with Gasteiger partial charge >= 0.3 is 0 Å². The zero-order valence-electron chi connectivity index (χ0n) is 14.1. The monoisotopic (exact) mass is 364 g/mol. The first kappa shape index (κ1) is 19.1. The molecule has 1 aliphatic rings. The highest BCUT2D eigenvalue weighted by molar-refractivity contribution is 6.32. The van der Waals surface area contributed by atoms with E-state index in [2.05, 4.69) is 5.32 Å². The molecule has 1 N–H and O–H groups in total. The number of nitriles is 1. The molecule has 1 heterocycles. The Labute approximate surface area is 152 Å². The Morgan fingerprint density at radius 3 is 3.00 bits per heavy atom. The quantitative estimate of drug-likeness (QED) is 0.457. The van der Waals surface area contributed by atoms with E-state index < -0.39 is 5.91 Å². The number of nitrogens with zero attached hydrogens (tertiary/aromatic N) is 1. The van der Waals surface area contributed by atoms with Crippen molar-refractivity contribution in [2.75, 3.05) is 33.0 Å². The Morgan fingerprint density at radius 2 is 2.24 bits per heavy atom. The molecule has 6 nitrogen and oxygen atoms in total. The minimum absolute atomic E-state index is 0.00182. The molecule has 0 unspecified atom stereocenters. The number of hydrogen-bond acceptors (Lipinski definition) is 5. The number of amides is 1. The highest BCUT2D eigenvalue weighted by Crippen LogP contribution is 2.38. The summed E-state index contributed by atoms with van der Waals surface area (Å²) in [6, 6.07) is 5.28. The van der Waals surface area contributed by atoms with Crippen LogP contribution in [0.2, 0.25) is 5.02 Å². The summed E-state index contributed by atoms with van der Waals surface area (Å²) in [6.45, 7) is 4.63. The predicted octanol–water partition coefficient (Wildman–Crippen LogP) is 2.95. The van der Waals surface area contributed by atoms with E-state index >= 15 is 0 Å². The Morgan fingerprint density at radius 1 is 1.44 bits per heavy atom. The number of carbonyl (C=O) groups excluding carboxylic acids is 1. The summed E-state index contributed by atoms with van der Waals surface area (Å²) in [4.78, 5) is 12.1. The molecule has 0 bridgehead atoms. The summed E-state index contributed by atoms with van der Waals surface area (Å²) in [5.41, 5.74) is 0.609. The highest BCUT2D eigenvalue weighted by Gasteiger charge is 2.16. The average Bonchev–Trinajstić information content (AvgIpc) is 2.85. The van der Waals surface area contributed by atoms with E-state index in [1.165, 1.54) is 6.08 Å². The first-order valence-corrected chi connectivity index (χ1v) is 8.60. The molecule has 0 saturated carbocycles. The molecule has 25 heavy (non-hydrogen) atoms. The molecule has 1 aromatic rings. The fraction of sp³-hybridized carbons (Fsp3) is 0.444. The minimum Gasteiger partial charge on any atom is -0.489 e. The van der Waals surface area contributed by atoms with Crippen LogP contribution in [0.4, 0.5) is 0 Å². The molecular weight excluding hydrogens is 344 g/mol. The molecule has 1 amide bonds. The Balaban J connectivity index is 2.08. The molecular formula is C18H21ClN2O4. The second-order valence-corrected chi connectivity index (χ2v) is 5.76. The highest BCUT2D eigenvalue weighted by atomic mass is 35.5. The van der Waals surface area contributed by atoms with Crippen molar-refractivity contribution in [3.8, 4) is 17.6 Å². The van der Waals surface area contributed by atoms with Crippen molar-refractivity contribution in [3.05, 3.63) is 28.3 Å². The van der Waals surface area contributed by atoms with Crippen LogP contribution in [0.15, 0.2) is 17.7 Å². The number of halogens is 1. The topological polar surface area (TPSA) is 80.6 Å². The van der Waals surface area contributed by atoms with E-state index in [1.54, 1.807) is 12.1 Å². The maximum Gasteiger partial charge on any atom is 0.261 e. The van der Waals surface area contributed by atoms with Gasteiger partial charge in [-0.2, -0.15) is 5.26 Å². The molecule has 2 rings (SSSR count). The molecule has 0 radical (unpaired) electrons. The van der Waals surface area contributed by atoms with Crippen LogP contribution in [-0.4, -0.2) is 38.9 Å². The maximum absolute atomic E-state index is 12.1. The van der Waals surface area contributed by atoms with Crippen molar-refractivity contribution < 1.29 is 19.0 Å². The lowest BCUT2D eigenvalue weighted by Gasteiger charge is -2.10. The molecule has 1 aliphatic heterocycles. The van der Waals surface area contributed by atoms with Gasteiger partial charge in [0.1, 0.15) is 11.6 Å². The lowest BCUT2D eigenvalue weighted by Crippen LogP contribution is -2.26. The maximum atomic E-state index is 12.1. The fourth-order valence-corrected chi connectivity index (χ4v) is 2.54. The molecule has 0 aromatic heterocycles. The van der Waals surface area contributed by atoms with Crippen molar-refractivity contribution >= 4 is 23.6 Å². The number of carbonyl (C=O) groups is 1. The molecule has 0 aliphatic carbocycles. The first-order chi connectivity index (χ1) is 12.2. The Hall–Kier alpha value is -2.23. The van der Waals surface area contributed by atoms with Crippen molar-refractivity contribution in [3.63, 3.8) is 0 Å². The normalized spacial score (nSPS) is 13.7. The zero-order valence-corrected chi connectivity index (χ0v) is 14.9. The van der Waals surface area contributed by atoms with Gasteiger partial charge in [-0.15, -0.1) is 0 Å². The van der Waals surface area contributed by atoms with Crippen LogP contribution in [0.3, 0.4) is 0 Å². The lowest BCUT2D eigenvalue weighted by atomic mass is 10.1. The summed E-state index contributed by atoms with van der Waals surface area (Å²) < 4.78 is 16.4.